The van der Waals surface area contributed by atoms with Crippen molar-refractivity contribution in [3.05, 3.63) is 64.0 Å². The van der Waals surface area contributed by atoms with Crippen LogP contribution in [-0.4, -0.2) is 26.4 Å². The lowest BCUT2D eigenvalue weighted by Crippen LogP contribution is -2.34. The molecule has 0 amide bonds. The molecule has 0 saturated carbocycles. The summed E-state index contributed by atoms with van der Waals surface area (Å²) in [6, 6.07) is 10.4. The first-order valence-electron chi connectivity index (χ1n) is 9.10. The summed E-state index contributed by atoms with van der Waals surface area (Å²) in [7, 11) is 0. The van der Waals surface area contributed by atoms with E-state index in [0.29, 0.717) is 11.7 Å². The molecule has 1 aromatic heterocycles. The monoisotopic (exact) mass is 344 g/mol. The Balaban J connectivity index is 1.99. The lowest BCUT2D eigenvalue weighted by molar-refractivity contribution is 0.430. The molecule has 2 aromatic carbocycles. The molecular formula is C22H24N4. The summed E-state index contributed by atoms with van der Waals surface area (Å²) in [4.78, 5) is 9.93. The van der Waals surface area contributed by atoms with Gasteiger partial charge in [-0.2, -0.15) is 0 Å². The zero-order valence-electron chi connectivity index (χ0n) is 16.3. The number of aromatic nitrogens is 3. The molecule has 4 heteroatoms. The van der Waals surface area contributed by atoms with Crippen LogP contribution in [0.25, 0.3) is 11.0 Å². The van der Waals surface area contributed by atoms with Crippen LogP contribution in [-0.2, 0) is 0 Å². The lowest BCUT2D eigenvalue weighted by Gasteiger charge is -2.36. The van der Waals surface area contributed by atoms with Crippen molar-refractivity contribution in [3.8, 4) is 0 Å². The fourth-order valence-electron chi connectivity index (χ4n) is 3.77. The van der Waals surface area contributed by atoms with Gasteiger partial charge in [0.15, 0.2) is 0 Å². The van der Waals surface area contributed by atoms with Gasteiger partial charge in [0.2, 0.25) is 5.82 Å². The topological polar surface area (TPSA) is 51.0 Å². The van der Waals surface area contributed by atoms with Gasteiger partial charge < -0.3 is 0 Å². The molecule has 0 spiro atoms. The van der Waals surface area contributed by atoms with Crippen LogP contribution in [0.1, 0.15) is 60.3 Å². The molecule has 4 rings (SSSR count). The Labute approximate surface area is 154 Å². The van der Waals surface area contributed by atoms with E-state index in [9.17, 15) is 0 Å². The summed E-state index contributed by atoms with van der Waals surface area (Å²) in [5.74, 6) is 0.942. The predicted molar refractivity (Wildman–Crippen MR) is 106 cm³/mol. The highest BCUT2D eigenvalue weighted by atomic mass is 15.2. The van der Waals surface area contributed by atoms with E-state index in [4.69, 9.17) is 9.98 Å². The van der Waals surface area contributed by atoms with Gasteiger partial charge in [-0.05, 0) is 62.9 Å². The second-order valence-corrected chi connectivity index (χ2v) is 7.88. The summed E-state index contributed by atoms with van der Waals surface area (Å²) in [5.41, 5.74) is 8.48. The minimum atomic E-state index is -0.214. The number of fused-ring (bicyclic) bond motifs is 2. The summed E-state index contributed by atoms with van der Waals surface area (Å²) in [5, 5.41) is 8.86. The van der Waals surface area contributed by atoms with E-state index in [1.807, 2.05) is 6.07 Å². The number of nitrogens with zero attached hydrogens (tertiary/aromatic N) is 4. The minimum absolute atomic E-state index is 0.214. The molecule has 0 radical (unpaired) electrons. The Morgan fingerprint density at radius 3 is 2.46 bits per heavy atom. The summed E-state index contributed by atoms with van der Waals surface area (Å²) in [6.07, 6.45) is 0. The fourth-order valence-corrected chi connectivity index (χ4v) is 3.77. The third-order valence-electron chi connectivity index (χ3n) is 5.83. The van der Waals surface area contributed by atoms with Crippen LogP contribution in [0.5, 0.6) is 0 Å². The van der Waals surface area contributed by atoms with Crippen molar-refractivity contribution in [2.75, 3.05) is 0 Å². The quantitative estimate of drug-likeness (QED) is 0.644. The third kappa shape index (κ3) is 2.44. The molecule has 26 heavy (non-hydrogen) atoms. The van der Waals surface area contributed by atoms with Gasteiger partial charge in [0.1, 0.15) is 11.2 Å². The highest BCUT2D eigenvalue weighted by molar-refractivity contribution is 6.13. The number of hydrogen-bond donors (Lipinski definition) is 0. The zero-order chi connectivity index (χ0) is 18.6. The normalized spacial score (nSPS) is 18.5. The van der Waals surface area contributed by atoms with Gasteiger partial charge in [-0.3, -0.25) is 4.99 Å². The van der Waals surface area contributed by atoms with Gasteiger partial charge in [-0.25, -0.2) is 4.98 Å². The molecule has 4 nitrogen and oxygen atoms in total. The maximum absolute atomic E-state index is 5.06. The van der Waals surface area contributed by atoms with Gasteiger partial charge in [-0.1, -0.05) is 31.2 Å². The van der Waals surface area contributed by atoms with E-state index in [-0.39, 0.29) is 5.54 Å². The number of benzene rings is 2. The molecule has 1 aliphatic rings. The number of rotatable bonds is 1. The first kappa shape index (κ1) is 16.8. The SMILES string of the molecule is Cc1cccc2c1C(C)C(C)(C)N=C2c1nnc2ccc(C)c(C)c2n1. The molecule has 1 atom stereocenters. The first-order valence-corrected chi connectivity index (χ1v) is 9.10. The highest BCUT2D eigenvalue weighted by Gasteiger charge is 2.36. The van der Waals surface area contributed by atoms with Gasteiger partial charge in [0.25, 0.3) is 0 Å². The van der Waals surface area contributed by atoms with Crippen LogP contribution in [0.15, 0.2) is 35.3 Å². The summed E-state index contributed by atoms with van der Waals surface area (Å²) >= 11 is 0. The average molecular weight is 344 g/mol. The number of aliphatic imine (C=N–C) groups is 1. The maximum atomic E-state index is 5.06. The molecule has 132 valence electrons. The molecule has 1 aliphatic heterocycles. The molecule has 3 aromatic rings. The molecule has 0 saturated heterocycles. The summed E-state index contributed by atoms with van der Waals surface area (Å²) < 4.78 is 0. The Morgan fingerprint density at radius 1 is 0.923 bits per heavy atom. The first-order chi connectivity index (χ1) is 12.3. The second-order valence-electron chi connectivity index (χ2n) is 7.88. The van der Waals surface area contributed by atoms with Gasteiger partial charge >= 0.3 is 0 Å². The van der Waals surface area contributed by atoms with Gasteiger partial charge in [-0.15, -0.1) is 10.2 Å². The van der Waals surface area contributed by atoms with Crippen molar-refractivity contribution in [1.29, 1.82) is 0 Å². The largest absolute Gasteiger partial charge is 0.274 e. The van der Waals surface area contributed by atoms with Crippen molar-refractivity contribution in [2.45, 2.75) is 53.0 Å². The van der Waals surface area contributed by atoms with Crippen molar-refractivity contribution >= 4 is 16.7 Å². The Hall–Kier alpha value is -2.62. The Kier molecular flexibility index (Phi) is 3.69. The van der Waals surface area contributed by atoms with Crippen molar-refractivity contribution < 1.29 is 0 Å². The lowest BCUT2D eigenvalue weighted by atomic mass is 9.76. The molecule has 0 bridgehead atoms. The highest BCUT2D eigenvalue weighted by Crippen LogP contribution is 2.40. The number of aryl methyl sites for hydroxylation is 3. The standard InChI is InChI=1S/C22H24N4/c1-12-10-11-17-19(14(12)3)23-21(26-25-17)20-16-9-7-8-13(2)18(16)15(4)22(5,6)24-20/h7-11,15H,1-6H3. The second kappa shape index (κ2) is 5.70. The molecule has 0 N–H and O–H groups in total. The maximum Gasteiger partial charge on any atom is 0.201 e. The predicted octanol–water partition coefficient (Wildman–Crippen LogP) is 4.68. The van der Waals surface area contributed by atoms with Gasteiger partial charge in [0, 0.05) is 11.5 Å². The molecule has 0 aliphatic carbocycles. The van der Waals surface area contributed by atoms with Crippen LogP contribution in [0.2, 0.25) is 0 Å². The number of hydrogen-bond acceptors (Lipinski definition) is 4. The van der Waals surface area contributed by atoms with Crippen LogP contribution in [0.3, 0.4) is 0 Å². The zero-order valence-corrected chi connectivity index (χ0v) is 16.3. The minimum Gasteiger partial charge on any atom is -0.274 e. The van der Waals surface area contributed by atoms with Crippen molar-refractivity contribution in [3.63, 3.8) is 0 Å². The molecule has 0 fully saturated rings. The van der Waals surface area contributed by atoms with Crippen LogP contribution >= 0.6 is 0 Å². The molecule has 2 heterocycles. The van der Waals surface area contributed by atoms with E-state index < -0.39 is 0 Å². The summed E-state index contributed by atoms with van der Waals surface area (Å²) in [6.45, 7) is 13.0. The fraction of sp³-hybridized carbons (Fsp3) is 0.364. The molecular weight excluding hydrogens is 320 g/mol. The average Bonchev–Trinajstić information content (AvgIpc) is 2.61. The van der Waals surface area contributed by atoms with Crippen LogP contribution in [0, 0.1) is 20.8 Å². The van der Waals surface area contributed by atoms with E-state index in [0.717, 1.165) is 27.9 Å². The van der Waals surface area contributed by atoms with E-state index in [2.05, 4.69) is 76.0 Å². The van der Waals surface area contributed by atoms with Crippen LogP contribution < -0.4 is 0 Å². The van der Waals surface area contributed by atoms with Gasteiger partial charge in [0.05, 0.1) is 11.1 Å². The van der Waals surface area contributed by atoms with Crippen molar-refractivity contribution in [2.24, 2.45) is 4.99 Å². The third-order valence-corrected chi connectivity index (χ3v) is 5.83. The Morgan fingerprint density at radius 2 is 1.69 bits per heavy atom. The van der Waals surface area contributed by atoms with Crippen LogP contribution in [0.4, 0.5) is 0 Å². The molecule has 1 unspecified atom stereocenters. The smallest absolute Gasteiger partial charge is 0.201 e. The Bertz CT molecular complexity index is 1060. The van der Waals surface area contributed by atoms with E-state index >= 15 is 0 Å². The van der Waals surface area contributed by atoms with E-state index in [1.54, 1.807) is 0 Å². The van der Waals surface area contributed by atoms with Crippen molar-refractivity contribution in [1.82, 2.24) is 15.2 Å². The van der Waals surface area contributed by atoms with E-state index in [1.165, 1.54) is 16.7 Å².